The lowest BCUT2D eigenvalue weighted by Gasteiger charge is -2.05. The minimum atomic E-state index is -0.566. The van der Waals surface area contributed by atoms with Crippen molar-refractivity contribution in [1.82, 2.24) is 7.35 Å². The van der Waals surface area contributed by atoms with E-state index in [0.29, 0.717) is 5.69 Å². The second-order valence-corrected chi connectivity index (χ2v) is 4.33. The van der Waals surface area contributed by atoms with Crippen LogP contribution in [0.1, 0.15) is 0 Å². The molecule has 0 fully saturated rings. The minimum absolute atomic E-state index is 0.120. The molecule has 0 N–H and O–H groups in total. The number of rotatable bonds is 2. The van der Waals surface area contributed by atoms with Crippen LogP contribution in [0.3, 0.4) is 0 Å². The van der Waals surface area contributed by atoms with E-state index in [0.717, 1.165) is 2.78 Å². The van der Waals surface area contributed by atoms with Crippen molar-refractivity contribution in [3.63, 3.8) is 0 Å². The van der Waals surface area contributed by atoms with Gasteiger partial charge in [-0.15, -0.1) is 0 Å². The molecule has 18 heavy (non-hydrogen) atoms. The van der Waals surface area contributed by atoms with E-state index in [1.54, 1.807) is 28.9 Å². The van der Waals surface area contributed by atoms with Crippen molar-refractivity contribution in [2.75, 3.05) is 0 Å². The van der Waals surface area contributed by atoms with Gasteiger partial charge in [0.15, 0.2) is 0 Å². The molecule has 0 unspecified atom stereocenters. The monoisotopic (exact) mass is 359 g/mol. The van der Waals surface area contributed by atoms with Crippen molar-refractivity contribution < 1.29 is 4.92 Å². The zero-order chi connectivity index (χ0) is 13.3. The van der Waals surface area contributed by atoms with Crippen LogP contribution < -0.4 is 11.2 Å². The normalized spacial score (nSPS) is 10.3. The Hall–Kier alpha value is -1.97. The Kier molecular flexibility index (Phi) is 3.28. The highest BCUT2D eigenvalue weighted by Gasteiger charge is 2.09. The van der Waals surface area contributed by atoms with Gasteiger partial charge in [-0.1, -0.05) is 6.07 Å². The summed E-state index contributed by atoms with van der Waals surface area (Å²) in [7, 11) is 0. The van der Waals surface area contributed by atoms with Crippen LogP contribution in [0.15, 0.2) is 46.1 Å². The van der Waals surface area contributed by atoms with Gasteiger partial charge in [0.25, 0.3) is 11.2 Å². The highest BCUT2D eigenvalue weighted by molar-refractivity contribution is 14.1. The van der Waals surface area contributed by atoms with Crippen LogP contribution in [-0.4, -0.2) is 12.3 Å². The zero-order valence-corrected chi connectivity index (χ0v) is 11.0. The van der Waals surface area contributed by atoms with Gasteiger partial charge in [0.05, 0.1) is 33.5 Å². The Morgan fingerprint density at radius 2 is 1.94 bits per heavy atom. The summed E-state index contributed by atoms with van der Waals surface area (Å²) in [6.45, 7) is 0. The summed E-state index contributed by atoms with van der Waals surface area (Å²) in [4.78, 5) is 33.2. The van der Waals surface area contributed by atoms with Crippen molar-refractivity contribution in [2.45, 2.75) is 0 Å². The molecule has 0 saturated carbocycles. The highest BCUT2D eigenvalue weighted by atomic mass is 127. The van der Waals surface area contributed by atoms with E-state index in [9.17, 15) is 19.7 Å². The second-order valence-electron chi connectivity index (χ2n) is 3.36. The maximum Gasteiger partial charge on any atom is 0.344 e. The van der Waals surface area contributed by atoms with E-state index < -0.39 is 16.2 Å². The minimum Gasteiger partial charge on any atom is -0.268 e. The first kappa shape index (κ1) is 12.5. The SMILES string of the molecule is O=c1ccn(-c2cccc([N+](=O)[O-])c2)c(=O)n1I. The molecule has 0 spiro atoms. The van der Waals surface area contributed by atoms with E-state index in [2.05, 4.69) is 0 Å². The van der Waals surface area contributed by atoms with Gasteiger partial charge in [-0.3, -0.25) is 19.5 Å². The molecular weight excluding hydrogens is 353 g/mol. The van der Waals surface area contributed by atoms with E-state index in [-0.39, 0.29) is 5.69 Å². The molecule has 1 aromatic carbocycles. The van der Waals surface area contributed by atoms with Crippen molar-refractivity contribution in [3.8, 4) is 5.69 Å². The molecule has 7 nitrogen and oxygen atoms in total. The largest absolute Gasteiger partial charge is 0.344 e. The third kappa shape index (κ3) is 2.18. The predicted octanol–water partition coefficient (Wildman–Crippen LogP) is 1.11. The van der Waals surface area contributed by atoms with Gasteiger partial charge in [0.1, 0.15) is 0 Å². The van der Waals surface area contributed by atoms with Gasteiger partial charge in [0, 0.05) is 24.4 Å². The predicted molar refractivity (Wildman–Crippen MR) is 72.4 cm³/mol. The van der Waals surface area contributed by atoms with Gasteiger partial charge in [-0.2, -0.15) is 2.78 Å². The fraction of sp³-hybridized carbons (Fsp3) is 0. The quantitative estimate of drug-likeness (QED) is 0.457. The first-order valence-electron chi connectivity index (χ1n) is 4.76. The molecule has 0 amide bonds. The van der Waals surface area contributed by atoms with Crippen LogP contribution in [0.2, 0.25) is 0 Å². The molecule has 1 heterocycles. The number of nitro groups is 1. The molecule has 0 aliphatic carbocycles. The molecule has 0 aliphatic rings. The van der Waals surface area contributed by atoms with E-state index in [1.165, 1.54) is 35.0 Å². The number of benzene rings is 1. The molecule has 92 valence electrons. The molecule has 1 aromatic heterocycles. The Bertz CT molecular complexity index is 734. The standard InChI is InChI=1S/C10H6IN3O4/c11-13-9(15)4-5-12(10(13)16)7-2-1-3-8(6-7)14(17)18/h1-6H. The average Bonchev–Trinajstić information content (AvgIpc) is 2.36. The lowest BCUT2D eigenvalue weighted by Crippen LogP contribution is -2.32. The maximum atomic E-state index is 11.8. The van der Waals surface area contributed by atoms with E-state index >= 15 is 0 Å². The van der Waals surface area contributed by atoms with E-state index in [4.69, 9.17) is 0 Å². The van der Waals surface area contributed by atoms with E-state index in [1.807, 2.05) is 0 Å². The first-order valence-corrected chi connectivity index (χ1v) is 5.73. The van der Waals surface area contributed by atoms with Crippen molar-refractivity contribution in [1.29, 1.82) is 0 Å². The van der Waals surface area contributed by atoms with Crippen LogP contribution >= 0.6 is 22.9 Å². The fourth-order valence-electron chi connectivity index (χ4n) is 1.41. The van der Waals surface area contributed by atoms with Gasteiger partial charge in [-0.05, 0) is 6.07 Å². The Balaban J connectivity index is 2.67. The van der Waals surface area contributed by atoms with Gasteiger partial charge in [0.2, 0.25) is 0 Å². The van der Waals surface area contributed by atoms with Crippen LogP contribution in [0.4, 0.5) is 5.69 Å². The Morgan fingerprint density at radius 1 is 1.22 bits per heavy atom. The topological polar surface area (TPSA) is 87.1 Å². The smallest absolute Gasteiger partial charge is 0.268 e. The fourth-order valence-corrected chi connectivity index (χ4v) is 1.80. The Morgan fingerprint density at radius 3 is 2.61 bits per heavy atom. The lowest BCUT2D eigenvalue weighted by molar-refractivity contribution is -0.384. The summed E-state index contributed by atoms with van der Waals surface area (Å²) in [5.74, 6) is 0. The summed E-state index contributed by atoms with van der Waals surface area (Å²) in [6.07, 6.45) is 1.29. The molecule has 0 atom stereocenters. The third-order valence-corrected chi connectivity index (χ3v) is 3.14. The summed E-state index contributed by atoms with van der Waals surface area (Å²) in [6, 6.07) is 6.84. The van der Waals surface area contributed by atoms with Crippen molar-refractivity contribution in [2.24, 2.45) is 0 Å². The van der Waals surface area contributed by atoms with Gasteiger partial charge < -0.3 is 0 Å². The van der Waals surface area contributed by atoms with Gasteiger partial charge in [-0.25, -0.2) is 4.79 Å². The molecule has 0 aliphatic heterocycles. The van der Waals surface area contributed by atoms with Crippen LogP contribution in [0, 0.1) is 10.1 Å². The maximum absolute atomic E-state index is 11.8. The molecular formula is C10H6IN3O4. The molecule has 2 aromatic rings. The highest BCUT2D eigenvalue weighted by Crippen LogP contribution is 2.14. The molecule has 0 bridgehead atoms. The average molecular weight is 359 g/mol. The summed E-state index contributed by atoms with van der Waals surface area (Å²) in [5.41, 5.74) is -0.795. The number of hydrogen-bond donors (Lipinski definition) is 0. The lowest BCUT2D eigenvalue weighted by atomic mass is 10.3. The van der Waals surface area contributed by atoms with Crippen LogP contribution in [0.5, 0.6) is 0 Å². The number of nitrogens with zero attached hydrogens (tertiary/aromatic N) is 3. The van der Waals surface area contributed by atoms with Crippen LogP contribution in [-0.2, 0) is 0 Å². The number of hydrogen-bond acceptors (Lipinski definition) is 4. The molecule has 2 rings (SSSR count). The van der Waals surface area contributed by atoms with Crippen LogP contribution in [0.25, 0.3) is 5.69 Å². The summed E-state index contributed by atoms with van der Waals surface area (Å²) >= 11 is 1.58. The molecule has 0 saturated heterocycles. The Labute approximate surface area is 114 Å². The number of nitro benzene ring substituents is 1. The summed E-state index contributed by atoms with van der Waals surface area (Å²) in [5, 5.41) is 10.7. The third-order valence-electron chi connectivity index (χ3n) is 2.25. The summed E-state index contributed by atoms with van der Waals surface area (Å²) < 4.78 is 2.07. The van der Waals surface area contributed by atoms with Crippen molar-refractivity contribution in [3.05, 3.63) is 67.5 Å². The number of aromatic nitrogens is 2. The van der Waals surface area contributed by atoms with Crippen molar-refractivity contribution >= 4 is 28.6 Å². The second kappa shape index (κ2) is 4.72. The zero-order valence-electron chi connectivity index (χ0n) is 8.82. The number of non-ortho nitro benzene ring substituents is 1. The first-order chi connectivity index (χ1) is 8.50. The number of halogens is 1. The molecule has 8 heteroatoms. The molecule has 0 radical (unpaired) electrons. The van der Waals surface area contributed by atoms with Gasteiger partial charge >= 0.3 is 5.69 Å².